The summed E-state index contributed by atoms with van der Waals surface area (Å²) < 4.78 is 32.8. The molecule has 2 aliphatic heterocycles. The Morgan fingerprint density at radius 2 is 1.57 bits per heavy atom. The lowest BCUT2D eigenvalue weighted by Crippen LogP contribution is -2.62. The molecule has 3 heterocycles. The van der Waals surface area contributed by atoms with Crippen LogP contribution in [0.2, 0.25) is 0 Å². The summed E-state index contributed by atoms with van der Waals surface area (Å²) in [4.78, 5) is 62.5. The second kappa shape index (κ2) is 13.5. The second-order valence-electron chi connectivity index (χ2n) is 9.65. The number of morpholine rings is 1. The predicted octanol–water partition coefficient (Wildman–Crippen LogP) is 0.512. The van der Waals surface area contributed by atoms with Gasteiger partial charge in [0.1, 0.15) is 12.7 Å². The molecule has 1 aromatic heterocycles. The van der Waals surface area contributed by atoms with Crippen molar-refractivity contribution < 1.29 is 52.4 Å². The maximum atomic E-state index is 13.2. The lowest BCUT2D eigenvalue weighted by Gasteiger charge is -2.42. The third-order valence-electron chi connectivity index (χ3n) is 6.43. The number of carbonyl (C=O) groups is 5. The molecule has 0 saturated carbocycles. The zero-order chi connectivity index (χ0) is 30.4. The van der Waals surface area contributed by atoms with Crippen molar-refractivity contribution in [3.05, 3.63) is 29.5 Å². The topological polar surface area (TPSA) is 173 Å². The van der Waals surface area contributed by atoms with E-state index in [0.717, 1.165) is 20.8 Å². The van der Waals surface area contributed by atoms with E-state index in [-0.39, 0.29) is 12.5 Å². The van der Waals surface area contributed by atoms with Crippen LogP contribution in [0.1, 0.15) is 43.6 Å². The average Bonchev–Trinajstić information content (AvgIpc) is 3.41. The number of amides is 1. The van der Waals surface area contributed by atoms with Crippen molar-refractivity contribution in [3.63, 3.8) is 0 Å². The van der Waals surface area contributed by atoms with Gasteiger partial charge in [-0.25, -0.2) is 0 Å². The van der Waals surface area contributed by atoms with Gasteiger partial charge in [-0.15, -0.1) is 0 Å². The molecule has 1 aromatic carbocycles. The van der Waals surface area contributed by atoms with Crippen LogP contribution < -0.4 is 0 Å². The van der Waals surface area contributed by atoms with Crippen molar-refractivity contribution in [1.82, 2.24) is 15.1 Å². The van der Waals surface area contributed by atoms with Gasteiger partial charge in [-0.1, -0.05) is 11.8 Å². The molecule has 0 bridgehead atoms. The van der Waals surface area contributed by atoms with E-state index >= 15 is 0 Å². The monoisotopic (exact) mass is 585 g/mol. The third kappa shape index (κ3) is 7.42. The lowest BCUT2D eigenvalue weighted by atomic mass is 9.94. The number of hydrogen-bond acceptors (Lipinski definition) is 12. The van der Waals surface area contributed by atoms with Gasteiger partial charge in [-0.3, -0.25) is 29.1 Å². The summed E-state index contributed by atoms with van der Waals surface area (Å²) in [5, 5.41) is 7.57. The Kier molecular flexibility index (Phi) is 9.76. The van der Waals surface area contributed by atoms with Crippen molar-refractivity contribution in [3.8, 4) is 11.8 Å². The van der Waals surface area contributed by atoms with Crippen LogP contribution in [0.25, 0.3) is 10.9 Å². The largest absolute Gasteiger partial charge is 0.463 e. The maximum Gasteiger partial charge on any atom is 0.303 e. The normalized spacial score (nSPS) is 23.7. The first-order chi connectivity index (χ1) is 20.0. The Hall–Kier alpha value is -4.48. The minimum absolute atomic E-state index is 0.197. The van der Waals surface area contributed by atoms with E-state index in [4.69, 9.17) is 28.4 Å². The van der Waals surface area contributed by atoms with Gasteiger partial charge in [0.25, 0.3) is 5.91 Å². The Morgan fingerprint density at radius 1 is 0.929 bits per heavy atom. The molecule has 14 heteroatoms. The molecule has 1 amide bonds. The molecule has 4 rings (SSSR count). The standard InChI is InChI=1S/C28H31N3O11/c1-15(32)38-14-23-26(40-17(3)34)27(41-18(4)35)25(39-16(2)33)22(42-23)6-5-19-11-20(12-21-13-29-30-24(19)21)28(36)31-7-9-37-10-8-31/h11-13,22-23,25-27H,7-10,14H2,1-4H3,(H,29,30)/t22-,23-,25-,26-,27-/m1/s1. The number of aromatic nitrogens is 2. The van der Waals surface area contributed by atoms with E-state index in [1.807, 2.05) is 0 Å². The first-order valence-electron chi connectivity index (χ1n) is 13.2. The Labute approximate surface area is 240 Å². The van der Waals surface area contributed by atoms with Crippen molar-refractivity contribution in [2.75, 3.05) is 32.9 Å². The number of nitrogens with one attached hydrogen (secondary N) is 1. The van der Waals surface area contributed by atoms with E-state index < -0.39 is 54.4 Å². The number of esters is 4. The van der Waals surface area contributed by atoms with E-state index in [1.165, 1.54) is 6.92 Å². The highest BCUT2D eigenvalue weighted by atomic mass is 16.7. The first kappa shape index (κ1) is 30.5. The highest BCUT2D eigenvalue weighted by molar-refractivity contribution is 5.99. The number of carbonyl (C=O) groups excluding carboxylic acids is 5. The van der Waals surface area contributed by atoms with E-state index in [9.17, 15) is 24.0 Å². The fourth-order valence-corrected chi connectivity index (χ4v) is 4.72. The van der Waals surface area contributed by atoms with Crippen LogP contribution in [0.3, 0.4) is 0 Å². The smallest absolute Gasteiger partial charge is 0.303 e. The molecule has 2 saturated heterocycles. The van der Waals surface area contributed by atoms with Crippen LogP contribution in [-0.4, -0.2) is 108 Å². The van der Waals surface area contributed by atoms with Gasteiger partial charge in [0.2, 0.25) is 0 Å². The average molecular weight is 586 g/mol. The minimum atomic E-state index is -1.34. The van der Waals surface area contributed by atoms with Gasteiger partial charge in [0.15, 0.2) is 24.4 Å². The molecule has 2 aliphatic rings. The number of hydrogen-bond donors (Lipinski definition) is 1. The molecule has 2 fully saturated rings. The molecule has 0 radical (unpaired) electrons. The van der Waals surface area contributed by atoms with Crippen molar-refractivity contribution in [2.24, 2.45) is 0 Å². The summed E-state index contributed by atoms with van der Waals surface area (Å²) in [6, 6.07) is 3.31. The van der Waals surface area contributed by atoms with Crippen LogP contribution >= 0.6 is 0 Å². The highest BCUT2D eigenvalue weighted by Crippen LogP contribution is 2.29. The second-order valence-corrected chi connectivity index (χ2v) is 9.65. The van der Waals surface area contributed by atoms with Gasteiger partial charge >= 0.3 is 23.9 Å². The number of H-pyrrole nitrogens is 1. The van der Waals surface area contributed by atoms with Crippen LogP contribution in [0.15, 0.2) is 18.3 Å². The molecule has 1 N–H and O–H groups in total. The van der Waals surface area contributed by atoms with Gasteiger partial charge in [0, 0.05) is 51.7 Å². The van der Waals surface area contributed by atoms with E-state index in [1.54, 1.807) is 23.2 Å². The molecular formula is C28H31N3O11. The molecule has 5 atom stereocenters. The number of benzene rings is 1. The fraction of sp³-hybridized carbons (Fsp3) is 0.500. The summed E-state index contributed by atoms with van der Waals surface area (Å²) in [7, 11) is 0. The van der Waals surface area contributed by atoms with E-state index in [0.29, 0.717) is 48.3 Å². The lowest BCUT2D eigenvalue weighted by molar-refractivity contribution is -0.242. The molecule has 2 aromatic rings. The Bertz CT molecular complexity index is 1420. The molecule has 0 unspecified atom stereocenters. The number of fused-ring (bicyclic) bond motifs is 1. The van der Waals surface area contributed by atoms with Crippen LogP contribution in [0.5, 0.6) is 0 Å². The molecule has 224 valence electrons. The fourth-order valence-electron chi connectivity index (χ4n) is 4.72. The van der Waals surface area contributed by atoms with Crippen molar-refractivity contribution >= 4 is 40.7 Å². The third-order valence-corrected chi connectivity index (χ3v) is 6.43. The zero-order valence-electron chi connectivity index (χ0n) is 23.5. The summed E-state index contributed by atoms with van der Waals surface area (Å²) >= 11 is 0. The summed E-state index contributed by atoms with van der Waals surface area (Å²) in [6.45, 7) is 6.03. The maximum absolute atomic E-state index is 13.2. The summed E-state index contributed by atoms with van der Waals surface area (Å²) in [6.07, 6.45) is -4.76. The van der Waals surface area contributed by atoms with Crippen molar-refractivity contribution in [1.29, 1.82) is 0 Å². The molecule has 42 heavy (non-hydrogen) atoms. The number of ether oxygens (including phenoxy) is 6. The molecule has 0 spiro atoms. The SMILES string of the molecule is CC(=O)OC[C@H]1O[C@H](C#Cc2cc(C(=O)N3CCOCC3)cc3cn[nH]c23)[C@@H](OC(C)=O)[C@@H](OC(C)=O)[C@@H]1OC(C)=O. The van der Waals surface area contributed by atoms with Gasteiger partial charge in [-0.05, 0) is 12.1 Å². The highest BCUT2D eigenvalue weighted by Gasteiger charge is 2.51. The van der Waals surface area contributed by atoms with Gasteiger partial charge in [-0.2, -0.15) is 5.10 Å². The number of aromatic amines is 1. The first-order valence-corrected chi connectivity index (χ1v) is 13.2. The van der Waals surface area contributed by atoms with Crippen LogP contribution in [0.4, 0.5) is 0 Å². The molecule has 14 nitrogen and oxygen atoms in total. The Balaban J connectivity index is 1.75. The van der Waals surface area contributed by atoms with Crippen LogP contribution in [-0.2, 0) is 47.6 Å². The van der Waals surface area contributed by atoms with Gasteiger partial charge in [0.05, 0.1) is 30.5 Å². The van der Waals surface area contributed by atoms with Crippen LogP contribution in [0, 0.1) is 11.8 Å². The number of rotatable bonds is 6. The predicted molar refractivity (Wildman–Crippen MR) is 142 cm³/mol. The van der Waals surface area contributed by atoms with E-state index in [2.05, 4.69) is 22.0 Å². The zero-order valence-corrected chi connectivity index (χ0v) is 23.5. The molecule has 0 aliphatic carbocycles. The Morgan fingerprint density at radius 3 is 2.21 bits per heavy atom. The number of nitrogens with zero attached hydrogens (tertiary/aromatic N) is 2. The minimum Gasteiger partial charge on any atom is -0.463 e. The quantitative estimate of drug-likeness (QED) is 0.283. The summed E-state index contributed by atoms with van der Waals surface area (Å²) in [5.74, 6) is 2.83. The van der Waals surface area contributed by atoms with Crippen molar-refractivity contribution in [2.45, 2.75) is 58.2 Å². The summed E-state index contributed by atoms with van der Waals surface area (Å²) in [5.41, 5.74) is 1.33. The molecular weight excluding hydrogens is 554 g/mol. The van der Waals surface area contributed by atoms with Gasteiger partial charge < -0.3 is 33.3 Å².